The second-order valence-corrected chi connectivity index (χ2v) is 4.66. The van der Waals surface area contributed by atoms with E-state index in [0.29, 0.717) is 4.47 Å². The molecule has 0 saturated heterocycles. The highest BCUT2D eigenvalue weighted by Gasteiger charge is 2.22. The Bertz CT molecular complexity index is 388. The van der Waals surface area contributed by atoms with Crippen molar-refractivity contribution in [3.63, 3.8) is 0 Å². The predicted molar refractivity (Wildman–Crippen MR) is 48.4 cm³/mol. The summed E-state index contributed by atoms with van der Waals surface area (Å²) in [6.45, 7) is 0. The molecular formula is C6H6BrNO4S. The summed E-state index contributed by atoms with van der Waals surface area (Å²) in [6.07, 6.45) is 1.32. The van der Waals surface area contributed by atoms with Crippen LogP contribution in [0.25, 0.3) is 0 Å². The van der Waals surface area contributed by atoms with Gasteiger partial charge in [-0.2, -0.15) is 8.42 Å². The monoisotopic (exact) mass is 267 g/mol. The van der Waals surface area contributed by atoms with Crippen LogP contribution in [0.15, 0.2) is 22.8 Å². The highest BCUT2D eigenvalue weighted by atomic mass is 79.9. The van der Waals surface area contributed by atoms with Gasteiger partial charge in [0, 0.05) is 10.7 Å². The van der Waals surface area contributed by atoms with Crippen molar-refractivity contribution in [2.75, 3.05) is 0 Å². The SMILES string of the molecule is O=S(=O)(O)C(O)c1ccc(Br)cn1. The predicted octanol–water partition coefficient (Wildman–Crippen LogP) is 0.723. The van der Waals surface area contributed by atoms with Gasteiger partial charge in [0.05, 0.1) is 5.69 Å². The summed E-state index contributed by atoms with van der Waals surface area (Å²) < 4.78 is 30.1. The Balaban J connectivity index is 3.04. The molecule has 0 radical (unpaired) electrons. The molecule has 1 unspecified atom stereocenters. The molecule has 0 fully saturated rings. The first-order chi connectivity index (χ1) is 5.91. The molecule has 1 rings (SSSR count). The molecule has 0 aliphatic rings. The third kappa shape index (κ3) is 2.73. The van der Waals surface area contributed by atoms with Gasteiger partial charge in [-0.3, -0.25) is 9.54 Å². The molecule has 0 amide bonds. The summed E-state index contributed by atoms with van der Waals surface area (Å²) in [6, 6.07) is 2.80. The lowest BCUT2D eigenvalue weighted by molar-refractivity contribution is 0.234. The molecule has 13 heavy (non-hydrogen) atoms. The molecule has 1 heterocycles. The molecule has 1 aromatic heterocycles. The number of hydrogen-bond donors (Lipinski definition) is 2. The van der Waals surface area contributed by atoms with Crippen LogP contribution in [0.3, 0.4) is 0 Å². The molecule has 0 bridgehead atoms. The van der Waals surface area contributed by atoms with E-state index in [2.05, 4.69) is 20.9 Å². The molecule has 0 aromatic carbocycles. The zero-order valence-electron chi connectivity index (χ0n) is 6.25. The molecule has 0 saturated carbocycles. The van der Waals surface area contributed by atoms with Gasteiger partial charge in [0.1, 0.15) is 0 Å². The molecule has 1 atom stereocenters. The summed E-state index contributed by atoms with van der Waals surface area (Å²) in [7, 11) is -4.49. The number of halogens is 1. The topological polar surface area (TPSA) is 87.5 Å². The molecule has 1 aromatic rings. The maximum Gasteiger partial charge on any atom is 0.298 e. The Morgan fingerprint density at radius 2 is 2.08 bits per heavy atom. The third-order valence-electron chi connectivity index (χ3n) is 1.29. The van der Waals surface area contributed by atoms with Crippen molar-refractivity contribution in [3.05, 3.63) is 28.5 Å². The first-order valence-corrected chi connectivity index (χ1v) is 5.46. The minimum Gasteiger partial charge on any atom is -0.370 e. The van der Waals surface area contributed by atoms with Crippen molar-refractivity contribution in [1.82, 2.24) is 4.98 Å². The van der Waals surface area contributed by atoms with Gasteiger partial charge in [0.15, 0.2) is 0 Å². The zero-order valence-corrected chi connectivity index (χ0v) is 8.66. The number of rotatable bonds is 2. The normalized spacial score (nSPS) is 14.1. The summed E-state index contributed by atoms with van der Waals surface area (Å²) in [4.78, 5) is 3.61. The van der Waals surface area contributed by atoms with E-state index in [0.717, 1.165) is 0 Å². The van der Waals surface area contributed by atoms with Gasteiger partial charge >= 0.3 is 0 Å². The van der Waals surface area contributed by atoms with E-state index in [9.17, 15) is 8.42 Å². The molecular weight excluding hydrogens is 262 g/mol. The van der Waals surface area contributed by atoms with E-state index in [4.69, 9.17) is 9.66 Å². The summed E-state index contributed by atoms with van der Waals surface area (Å²) in [5, 5.41) is 9.03. The van der Waals surface area contributed by atoms with Crippen molar-refractivity contribution in [3.8, 4) is 0 Å². The standard InChI is InChI=1S/C6H6BrNO4S/c7-4-1-2-5(8-3-4)6(9)13(10,11)12/h1-3,6,9H,(H,10,11,12). The fraction of sp³-hybridized carbons (Fsp3) is 0.167. The second-order valence-electron chi connectivity index (χ2n) is 2.27. The smallest absolute Gasteiger partial charge is 0.298 e. The Labute approximate surface area is 83.3 Å². The van der Waals surface area contributed by atoms with Gasteiger partial charge in [0.25, 0.3) is 10.1 Å². The van der Waals surface area contributed by atoms with Crippen LogP contribution in [-0.4, -0.2) is 23.1 Å². The van der Waals surface area contributed by atoms with Crippen molar-refractivity contribution in [2.45, 2.75) is 5.44 Å². The van der Waals surface area contributed by atoms with E-state index in [1.165, 1.54) is 18.3 Å². The van der Waals surface area contributed by atoms with E-state index in [1.54, 1.807) is 0 Å². The van der Waals surface area contributed by atoms with E-state index < -0.39 is 15.6 Å². The van der Waals surface area contributed by atoms with Crippen LogP contribution in [0.4, 0.5) is 0 Å². The molecule has 72 valence electrons. The van der Waals surface area contributed by atoms with Crippen LogP contribution >= 0.6 is 15.9 Å². The molecule has 7 heteroatoms. The van der Waals surface area contributed by atoms with Crippen LogP contribution in [0, 0.1) is 0 Å². The first kappa shape index (κ1) is 10.6. The maximum atomic E-state index is 10.5. The number of nitrogens with zero attached hydrogens (tertiary/aromatic N) is 1. The Hall–Kier alpha value is -0.500. The van der Waals surface area contributed by atoms with Gasteiger partial charge in [-0.25, -0.2) is 0 Å². The van der Waals surface area contributed by atoms with Gasteiger partial charge in [-0.1, -0.05) is 0 Å². The van der Waals surface area contributed by atoms with Crippen molar-refractivity contribution in [1.29, 1.82) is 0 Å². The fourth-order valence-corrected chi connectivity index (χ4v) is 1.37. The van der Waals surface area contributed by atoms with Gasteiger partial charge in [-0.15, -0.1) is 0 Å². The highest BCUT2D eigenvalue weighted by molar-refractivity contribution is 9.10. The summed E-state index contributed by atoms with van der Waals surface area (Å²) >= 11 is 3.09. The van der Waals surface area contributed by atoms with Crippen molar-refractivity contribution >= 4 is 26.0 Å². The van der Waals surface area contributed by atoms with Crippen molar-refractivity contribution in [2.24, 2.45) is 0 Å². The van der Waals surface area contributed by atoms with E-state index >= 15 is 0 Å². The lowest BCUT2D eigenvalue weighted by Crippen LogP contribution is -2.12. The van der Waals surface area contributed by atoms with Crippen LogP contribution in [-0.2, 0) is 10.1 Å². The molecule has 0 aliphatic carbocycles. The van der Waals surface area contributed by atoms with Gasteiger partial charge in [0.2, 0.25) is 5.44 Å². The number of pyridine rings is 1. The molecule has 5 nitrogen and oxygen atoms in total. The Morgan fingerprint density at radius 1 is 1.46 bits per heavy atom. The minimum absolute atomic E-state index is 0.120. The quantitative estimate of drug-likeness (QED) is 0.772. The summed E-state index contributed by atoms with van der Waals surface area (Å²) in [5.41, 5.74) is -2.11. The van der Waals surface area contributed by atoms with Crippen LogP contribution in [0.5, 0.6) is 0 Å². The van der Waals surface area contributed by atoms with Gasteiger partial charge < -0.3 is 5.11 Å². The van der Waals surface area contributed by atoms with E-state index in [-0.39, 0.29) is 5.69 Å². The second kappa shape index (κ2) is 3.70. The fourth-order valence-electron chi connectivity index (χ4n) is 0.686. The minimum atomic E-state index is -4.49. The molecule has 0 spiro atoms. The van der Waals surface area contributed by atoms with E-state index in [1.807, 2.05) is 0 Å². The lowest BCUT2D eigenvalue weighted by Gasteiger charge is -2.05. The summed E-state index contributed by atoms with van der Waals surface area (Å²) in [5.74, 6) is 0. The number of hydrogen-bond acceptors (Lipinski definition) is 4. The Kier molecular flexibility index (Phi) is 3.01. The van der Waals surface area contributed by atoms with Crippen LogP contribution in [0.1, 0.15) is 11.1 Å². The number of aromatic nitrogens is 1. The largest absolute Gasteiger partial charge is 0.370 e. The number of aliphatic hydroxyl groups excluding tert-OH is 1. The Morgan fingerprint density at radius 3 is 2.46 bits per heavy atom. The average molecular weight is 268 g/mol. The number of aliphatic hydroxyl groups is 1. The van der Waals surface area contributed by atoms with Gasteiger partial charge in [-0.05, 0) is 28.1 Å². The molecule has 2 N–H and O–H groups in total. The third-order valence-corrected chi connectivity index (χ3v) is 2.56. The molecule has 0 aliphatic heterocycles. The zero-order chi connectivity index (χ0) is 10.1. The lowest BCUT2D eigenvalue weighted by atomic mass is 10.4. The maximum absolute atomic E-state index is 10.5. The average Bonchev–Trinajstić information content (AvgIpc) is 2.03. The van der Waals surface area contributed by atoms with Crippen molar-refractivity contribution < 1.29 is 18.1 Å². The first-order valence-electron chi connectivity index (χ1n) is 3.17. The van der Waals surface area contributed by atoms with Crippen LogP contribution in [0.2, 0.25) is 0 Å². The highest BCUT2D eigenvalue weighted by Crippen LogP contribution is 2.17. The van der Waals surface area contributed by atoms with Crippen LogP contribution < -0.4 is 0 Å².